The Kier molecular flexibility index (Phi) is 2.65. The van der Waals surface area contributed by atoms with Crippen LogP contribution in [-0.2, 0) is 0 Å². The van der Waals surface area contributed by atoms with Gasteiger partial charge in [-0.3, -0.25) is 0 Å². The number of aromatic nitrogens is 1. The Hall–Kier alpha value is -1.13. The number of hydrogen-bond donors (Lipinski definition) is 1. The van der Waals surface area contributed by atoms with Crippen molar-refractivity contribution in [2.75, 3.05) is 6.54 Å². The van der Waals surface area contributed by atoms with Crippen molar-refractivity contribution in [3.8, 4) is 10.6 Å². The topological polar surface area (TPSA) is 52.0 Å². The first kappa shape index (κ1) is 9.43. The third-order valence-corrected chi connectivity index (χ3v) is 3.06. The lowest BCUT2D eigenvalue weighted by Gasteiger charge is -2.01. The molecule has 0 aliphatic carbocycles. The molecule has 0 aromatic carbocycles. The first-order chi connectivity index (χ1) is 6.81. The van der Waals surface area contributed by atoms with Crippen molar-refractivity contribution in [2.45, 2.75) is 12.8 Å². The number of furan rings is 1. The molecule has 74 valence electrons. The molecule has 2 heterocycles. The van der Waals surface area contributed by atoms with Gasteiger partial charge < -0.3 is 10.2 Å². The highest BCUT2D eigenvalue weighted by Gasteiger charge is 2.09. The van der Waals surface area contributed by atoms with Gasteiger partial charge in [-0.25, -0.2) is 4.98 Å². The van der Waals surface area contributed by atoms with E-state index in [2.05, 4.69) is 17.3 Å². The van der Waals surface area contributed by atoms with E-state index in [0.717, 1.165) is 16.3 Å². The van der Waals surface area contributed by atoms with E-state index in [9.17, 15) is 0 Å². The zero-order chi connectivity index (χ0) is 9.97. The summed E-state index contributed by atoms with van der Waals surface area (Å²) in [6, 6.07) is 1.91. The van der Waals surface area contributed by atoms with Gasteiger partial charge in [-0.15, -0.1) is 11.3 Å². The number of nitrogens with two attached hydrogens (primary N) is 1. The zero-order valence-electron chi connectivity index (χ0n) is 7.93. The molecule has 14 heavy (non-hydrogen) atoms. The van der Waals surface area contributed by atoms with Crippen LogP contribution in [0.1, 0.15) is 18.5 Å². The fraction of sp³-hybridized carbons (Fsp3) is 0.300. The first-order valence-corrected chi connectivity index (χ1v) is 5.37. The maximum Gasteiger partial charge on any atom is 0.126 e. The predicted octanol–water partition coefficient (Wildman–Crippen LogP) is 2.47. The molecule has 0 bridgehead atoms. The van der Waals surface area contributed by atoms with Crippen LogP contribution < -0.4 is 5.73 Å². The third kappa shape index (κ3) is 1.71. The smallest absolute Gasteiger partial charge is 0.126 e. The normalized spacial score (nSPS) is 13.0. The Bertz CT molecular complexity index is 394. The summed E-state index contributed by atoms with van der Waals surface area (Å²) in [6.07, 6.45) is 3.36. The van der Waals surface area contributed by atoms with Crippen LogP contribution in [0.25, 0.3) is 10.6 Å². The van der Waals surface area contributed by atoms with E-state index in [0.29, 0.717) is 12.5 Å². The molecule has 0 aliphatic rings. The van der Waals surface area contributed by atoms with Gasteiger partial charge in [0, 0.05) is 23.4 Å². The Morgan fingerprint density at radius 2 is 2.50 bits per heavy atom. The molecule has 4 heteroatoms. The van der Waals surface area contributed by atoms with Crippen molar-refractivity contribution in [1.29, 1.82) is 0 Å². The molecule has 0 amide bonds. The molecule has 2 aromatic heterocycles. The third-order valence-electron chi connectivity index (χ3n) is 2.15. The minimum absolute atomic E-state index is 0.326. The van der Waals surface area contributed by atoms with Gasteiger partial charge in [0.2, 0.25) is 0 Å². The first-order valence-electron chi connectivity index (χ1n) is 4.49. The summed E-state index contributed by atoms with van der Waals surface area (Å²) >= 11 is 1.62. The SMILES string of the molecule is CC(CN)c1csc(-c2ccoc2)n1. The molecule has 2 aromatic rings. The molecule has 0 saturated carbocycles. The number of nitrogens with zero attached hydrogens (tertiary/aromatic N) is 1. The molecule has 3 nitrogen and oxygen atoms in total. The van der Waals surface area contributed by atoms with Crippen LogP contribution in [0.3, 0.4) is 0 Å². The van der Waals surface area contributed by atoms with Crippen molar-refractivity contribution in [3.63, 3.8) is 0 Å². The van der Waals surface area contributed by atoms with Crippen LogP contribution in [0.2, 0.25) is 0 Å². The predicted molar refractivity (Wildman–Crippen MR) is 57.3 cm³/mol. The van der Waals surface area contributed by atoms with Crippen molar-refractivity contribution >= 4 is 11.3 Å². The lowest BCUT2D eigenvalue weighted by Crippen LogP contribution is -2.08. The summed E-state index contributed by atoms with van der Waals surface area (Å²) in [5, 5.41) is 3.05. The average molecular weight is 208 g/mol. The van der Waals surface area contributed by atoms with Crippen LogP contribution in [0, 0.1) is 0 Å². The summed E-state index contributed by atoms with van der Waals surface area (Å²) in [7, 11) is 0. The van der Waals surface area contributed by atoms with E-state index < -0.39 is 0 Å². The fourth-order valence-corrected chi connectivity index (χ4v) is 2.08. The van der Waals surface area contributed by atoms with E-state index in [1.54, 1.807) is 23.9 Å². The Morgan fingerprint density at radius 1 is 1.64 bits per heavy atom. The largest absolute Gasteiger partial charge is 0.472 e. The Morgan fingerprint density at radius 3 is 3.14 bits per heavy atom. The van der Waals surface area contributed by atoms with Crippen LogP contribution in [0.15, 0.2) is 28.4 Å². The maximum absolute atomic E-state index is 5.58. The highest BCUT2D eigenvalue weighted by molar-refractivity contribution is 7.13. The molecular formula is C10H12N2OS. The van der Waals surface area contributed by atoms with Crippen LogP contribution >= 0.6 is 11.3 Å². The average Bonchev–Trinajstić information content (AvgIpc) is 2.86. The summed E-state index contributed by atoms with van der Waals surface area (Å²) < 4.78 is 5.01. The van der Waals surface area contributed by atoms with Crippen molar-refractivity contribution in [1.82, 2.24) is 4.98 Å². The molecule has 0 spiro atoms. The van der Waals surface area contributed by atoms with E-state index in [1.807, 2.05) is 6.07 Å². The second-order valence-corrected chi connectivity index (χ2v) is 4.08. The lowest BCUT2D eigenvalue weighted by atomic mass is 10.1. The van der Waals surface area contributed by atoms with Gasteiger partial charge in [-0.05, 0) is 6.07 Å². The summed E-state index contributed by atoms with van der Waals surface area (Å²) in [6.45, 7) is 2.71. The minimum atomic E-state index is 0.326. The van der Waals surface area contributed by atoms with Crippen molar-refractivity contribution in [2.24, 2.45) is 5.73 Å². The van der Waals surface area contributed by atoms with E-state index >= 15 is 0 Å². The summed E-state index contributed by atoms with van der Waals surface area (Å²) in [4.78, 5) is 4.50. The van der Waals surface area contributed by atoms with E-state index in [1.165, 1.54) is 0 Å². The highest BCUT2D eigenvalue weighted by Crippen LogP contribution is 2.26. The summed E-state index contributed by atoms with van der Waals surface area (Å²) in [5.74, 6) is 0.326. The van der Waals surface area contributed by atoms with Gasteiger partial charge in [0.15, 0.2) is 0 Å². The van der Waals surface area contributed by atoms with Gasteiger partial charge in [-0.2, -0.15) is 0 Å². The lowest BCUT2D eigenvalue weighted by molar-refractivity contribution is 0.568. The molecule has 0 saturated heterocycles. The maximum atomic E-state index is 5.58. The second-order valence-electron chi connectivity index (χ2n) is 3.23. The van der Waals surface area contributed by atoms with Crippen LogP contribution in [0.4, 0.5) is 0 Å². The highest BCUT2D eigenvalue weighted by atomic mass is 32.1. The molecule has 1 unspecified atom stereocenters. The Balaban J connectivity index is 2.26. The van der Waals surface area contributed by atoms with E-state index in [4.69, 9.17) is 10.2 Å². The molecule has 0 aliphatic heterocycles. The molecular weight excluding hydrogens is 196 g/mol. The quantitative estimate of drug-likeness (QED) is 0.843. The van der Waals surface area contributed by atoms with Gasteiger partial charge in [0.1, 0.15) is 11.3 Å². The van der Waals surface area contributed by atoms with E-state index in [-0.39, 0.29) is 0 Å². The van der Waals surface area contributed by atoms with Gasteiger partial charge in [0.05, 0.1) is 12.0 Å². The fourth-order valence-electron chi connectivity index (χ4n) is 1.15. The van der Waals surface area contributed by atoms with Crippen molar-refractivity contribution in [3.05, 3.63) is 29.7 Å². The molecule has 0 radical (unpaired) electrons. The van der Waals surface area contributed by atoms with Gasteiger partial charge in [0.25, 0.3) is 0 Å². The standard InChI is InChI=1S/C10H12N2OS/c1-7(4-11)9-6-14-10(12-9)8-2-3-13-5-8/h2-3,5-7H,4,11H2,1H3. The summed E-state index contributed by atoms with van der Waals surface area (Å²) in [5.41, 5.74) is 7.67. The molecule has 2 rings (SSSR count). The molecule has 1 atom stereocenters. The minimum Gasteiger partial charge on any atom is -0.472 e. The zero-order valence-corrected chi connectivity index (χ0v) is 8.75. The number of rotatable bonds is 3. The Labute approximate surface area is 86.6 Å². The monoisotopic (exact) mass is 208 g/mol. The number of hydrogen-bond acceptors (Lipinski definition) is 4. The second kappa shape index (κ2) is 3.94. The molecule has 2 N–H and O–H groups in total. The van der Waals surface area contributed by atoms with Crippen molar-refractivity contribution < 1.29 is 4.42 Å². The molecule has 0 fully saturated rings. The van der Waals surface area contributed by atoms with Gasteiger partial charge in [-0.1, -0.05) is 6.92 Å². The van der Waals surface area contributed by atoms with Crippen LogP contribution in [-0.4, -0.2) is 11.5 Å². The van der Waals surface area contributed by atoms with Crippen LogP contribution in [0.5, 0.6) is 0 Å². The number of thiazole rings is 1. The van der Waals surface area contributed by atoms with Gasteiger partial charge >= 0.3 is 0 Å².